The lowest BCUT2D eigenvalue weighted by Gasteiger charge is -2.29. The Kier molecular flexibility index (Phi) is 5.00. The molecule has 1 saturated carbocycles. The molecule has 0 radical (unpaired) electrons. The van der Waals surface area contributed by atoms with E-state index in [0.717, 1.165) is 32.3 Å². The third kappa shape index (κ3) is 3.80. The molecule has 0 aromatic heterocycles. The Morgan fingerprint density at radius 1 is 1.32 bits per heavy atom. The molecule has 1 aliphatic carbocycles. The van der Waals surface area contributed by atoms with Crippen LogP contribution in [0.4, 0.5) is 0 Å². The van der Waals surface area contributed by atoms with Gasteiger partial charge in [0.2, 0.25) is 0 Å². The van der Waals surface area contributed by atoms with E-state index in [1.807, 2.05) is 25.1 Å². The zero-order chi connectivity index (χ0) is 13.7. The maximum atomic E-state index is 10.4. The summed E-state index contributed by atoms with van der Waals surface area (Å²) in [5.74, 6) is 0.909. The lowest BCUT2D eigenvalue weighted by molar-refractivity contribution is -0.0113. The molecule has 2 nitrogen and oxygen atoms in total. The van der Waals surface area contributed by atoms with Crippen molar-refractivity contribution >= 4 is 0 Å². The smallest absolute Gasteiger partial charge is 0.0717 e. The molecule has 1 fully saturated rings. The number of hydrogen-bond donors (Lipinski definition) is 1. The molecule has 0 spiro atoms. The molecule has 1 aliphatic rings. The number of rotatable bonds is 6. The Hall–Kier alpha value is -0.860. The van der Waals surface area contributed by atoms with Crippen LogP contribution < -0.4 is 0 Å². The van der Waals surface area contributed by atoms with Crippen molar-refractivity contribution in [2.45, 2.75) is 51.7 Å². The summed E-state index contributed by atoms with van der Waals surface area (Å²) in [7, 11) is 0. The zero-order valence-corrected chi connectivity index (χ0v) is 12.1. The van der Waals surface area contributed by atoms with Crippen LogP contribution in [0.5, 0.6) is 0 Å². The van der Waals surface area contributed by atoms with Crippen molar-refractivity contribution in [3.05, 3.63) is 35.9 Å². The molecule has 3 atom stereocenters. The van der Waals surface area contributed by atoms with Gasteiger partial charge in [0.1, 0.15) is 0 Å². The van der Waals surface area contributed by atoms with Crippen molar-refractivity contribution in [2.75, 3.05) is 6.61 Å². The fourth-order valence-corrected chi connectivity index (χ4v) is 3.33. The van der Waals surface area contributed by atoms with Gasteiger partial charge in [0.05, 0.1) is 18.8 Å². The Balaban J connectivity index is 1.82. The van der Waals surface area contributed by atoms with E-state index in [1.54, 1.807) is 0 Å². The average molecular weight is 262 g/mol. The molecule has 2 heteroatoms. The van der Waals surface area contributed by atoms with Crippen LogP contribution in [0, 0.1) is 11.8 Å². The van der Waals surface area contributed by atoms with E-state index >= 15 is 0 Å². The summed E-state index contributed by atoms with van der Waals surface area (Å²) in [6.45, 7) is 5.63. The van der Waals surface area contributed by atoms with Gasteiger partial charge in [-0.05, 0) is 43.6 Å². The average Bonchev–Trinajstić information content (AvgIpc) is 2.68. The summed E-state index contributed by atoms with van der Waals surface area (Å²) in [5, 5.41) is 10.4. The lowest BCUT2D eigenvalue weighted by atomic mass is 9.84. The molecule has 0 heterocycles. The van der Waals surface area contributed by atoms with Crippen LogP contribution in [0.1, 0.15) is 45.1 Å². The van der Waals surface area contributed by atoms with Gasteiger partial charge < -0.3 is 9.84 Å². The molecule has 106 valence electrons. The Morgan fingerprint density at radius 2 is 2.05 bits per heavy atom. The molecular weight excluding hydrogens is 236 g/mol. The van der Waals surface area contributed by atoms with E-state index in [0.29, 0.717) is 18.4 Å². The van der Waals surface area contributed by atoms with Crippen LogP contribution >= 0.6 is 0 Å². The fraction of sp³-hybridized carbons (Fsp3) is 0.647. The molecule has 0 amide bonds. The molecule has 0 bridgehead atoms. The Labute approximate surface area is 116 Å². The molecule has 0 saturated heterocycles. The number of aliphatic hydroxyl groups is 1. The summed E-state index contributed by atoms with van der Waals surface area (Å²) in [6, 6.07) is 10.3. The minimum atomic E-state index is -0.489. The SMILES string of the molecule is CCC[C@H]1[C@H](COCc2ccccc2)CC[C@@]1(C)O. The van der Waals surface area contributed by atoms with Crippen LogP contribution in [-0.4, -0.2) is 17.3 Å². The van der Waals surface area contributed by atoms with Gasteiger partial charge in [0.15, 0.2) is 0 Å². The first kappa shape index (κ1) is 14.5. The predicted octanol–water partition coefficient (Wildman–Crippen LogP) is 3.78. The normalized spacial score (nSPS) is 30.7. The number of ether oxygens (including phenoxy) is 1. The van der Waals surface area contributed by atoms with Crippen molar-refractivity contribution in [1.29, 1.82) is 0 Å². The summed E-state index contributed by atoms with van der Waals surface area (Å²) in [5.41, 5.74) is 0.732. The minimum Gasteiger partial charge on any atom is -0.390 e. The molecule has 1 N–H and O–H groups in total. The van der Waals surface area contributed by atoms with Crippen LogP contribution in [0.2, 0.25) is 0 Å². The zero-order valence-electron chi connectivity index (χ0n) is 12.1. The third-order valence-electron chi connectivity index (χ3n) is 4.43. The first-order chi connectivity index (χ1) is 9.13. The lowest BCUT2D eigenvalue weighted by Crippen LogP contribution is -2.33. The van der Waals surface area contributed by atoms with Crippen LogP contribution in [0.15, 0.2) is 30.3 Å². The highest BCUT2D eigenvalue weighted by Crippen LogP contribution is 2.42. The summed E-state index contributed by atoms with van der Waals surface area (Å²) in [4.78, 5) is 0. The molecular formula is C17H26O2. The van der Waals surface area contributed by atoms with Gasteiger partial charge in [-0.3, -0.25) is 0 Å². The third-order valence-corrected chi connectivity index (χ3v) is 4.43. The fourth-order valence-electron chi connectivity index (χ4n) is 3.33. The van der Waals surface area contributed by atoms with Crippen LogP contribution in [0.3, 0.4) is 0 Å². The predicted molar refractivity (Wildman–Crippen MR) is 77.8 cm³/mol. The molecule has 19 heavy (non-hydrogen) atoms. The molecule has 1 aromatic rings. The highest BCUT2D eigenvalue weighted by molar-refractivity contribution is 5.13. The van der Waals surface area contributed by atoms with Gasteiger partial charge in [-0.2, -0.15) is 0 Å². The van der Waals surface area contributed by atoms with Gasteiger partial charge in [-0.1, -0.05) is 43.7 Å². The second-order valence-corrected chi connectivity index (χ2v) is 6.05. The summed E-state index contributed by atoms with van der Waals surface area (Å²) >= 11 is 0. The van der Waals surface area contributed by atoms with E-state index in [2.05, 4.69) is 19.1 Å². The van der Waals surface area contributed by atoms with Crippen molar-refractivity contribution in [3.8, 4) is 0 Å². The van der Waals surface area contributed by atoms with Crippen molar-refractivity contribution in [2.24, 2.45) is 11.8 Å². The maximum Gasteiger partial charge on any atom is 0.0717 e. The highest BCUT2D eigenvalue weighted by atomic mass is 16.5. The molecule has 2 rings (SSSR count). The first-order valence-corrected chi connectivity index (χ1v) is 7.47. The molecule has 0 unspecified atom stereocenters. The number of hydrogen-bond acceptors (Lipinski definition) is 2. The van der Waals surface area contributed by atoms with Crippen molar-refractivity contribution in [3.63, 3.8) is 0 Å². The second-order valence-electron chi connectivity index (χ2n) is 6.05. The van der Waals surface area contributed by atoms with Gasteiger partial charge >= 0.3 is 0 Å². The van der Waals surface area contributed by atoms with Crippen LogP contribution in [0.25, 0.3) is 0 Å². The van der Waals surface area contributed by atoms with E-state index in [9.17, 15) is 5.11 Å². The second kappa shape index (κ2) is 6.53. The van der Waals surface area contributed by atoms with Gasteiger partial charge in [0.25, 0.3) is 0 Å². The Morgan fingerprint density at radius 3 is 2.74 bits per heavy atom. The minimum absolute atomic E-state index is 0.397. The standard InChI is InChI=1S/C17H26O2/c1-3-7-16-15(10-11-17(16,2)18)13-19-12-14-8-5-4-6-9-14/h4-6,8-9,15-16,18H,3,7,10-13H2,1-2H3/t15-,16-,17+/m0/s1. The van der Waals surface area contributed by atoms with Crippen molar-refractivity contribution in [1.82, 2.24) is 0 Å². The molecule has 0 aliphatic heterocycles. The monoisotopic (exact) mass is 262 g/mol. The molecule has 1 aromatic carbocycles. The summed E-state index contributed by atoms with van der Waals surface area (Å²) in [6.07, 6.45) is 4.24. The Bertz CT molecular complexity index is 372. The number of benzene rings is 1. The van der Waals surface area contributed by atoms with E-state index in [1.165, 1.54) is 5.56 Å². The van der Waals surface area contributed by atoms with Crippen molar-refractivity contribution < 1.29 is 9.84 Å². The summed E-state index contributed by atoms with van der Waals surface area (Å²) < 4.78 is 5.86. The van der Waals surface area contributed by atoms with Crippen LogP contribution in [-0.2, 0) is 11.3 Å². The van der Waals surface area contributed by atoms with Gasteiger partial charge in [-0.15, -0.1) is 0 Å². The maximum absolute atomic E-state index is 10.4. The highest BCUT2D eigenvalue weighted by Gasteiger charge is 2.42. The first-order valence-electron chi connectivity index (χ1n) is 7.47. The van der Waals surface area contributed by atoms with Gasteiger partial charge in [0, 0.05) is 0 Å². The van der Waals surface area contributed by atoms with Gasteiger partial charge in [-0.25, -0.2) is 0 Å². The topological polar surface area (TPSA) is 29.5 Å². The largest absolute Gasteiger partial charge is 0.390 e. The van der Waals surface area contributed by atoms with E-state index < -0.39 is 5.60 Å². The quantitative estimate of drug-likeness (QED) is 0.845. The van der Waals surface area contributed by atoms with E-state index in [4.69, 9.17) is 4.74 Å². The van der Waals surface area contributed by atoms with E-state index in [-0.39, 0.29) is 0 Å².